The van der Waals surface area contributed by atoms with Gasteiger partial charge in [0.15, 0.2) is 5.84 Å². The van der Waals surface area contributed by atoms with Crippen LogP contribution in [0.5, 0.6) is 0 Å². The fourth-order valence-electron chi connectivity index (χ4n) is 2.04. The van der Waals surface area contributed by atoms with Crippen molar-refractivity contribution in [3.63, 3.8) is 0 Å². The minimum absolute atomic E-state index is 0.0177. The number of benzene rings is 1. The van der Waals surface area contributed by atoms with E-state index >= 15 is 0 Å². The number of fused-ring (bicyclic) bond motifs is 1. The molecule has 0 saturated carbocycles. The molecule has 104 valence electrons. The Morgan fingerprint density at radius 3 is 2.85 bits per heavy atom. The second-order valence-corrected chi connectivity index (χ2v) is 4.58. The average Bonchev–Trinajstić information content (AvgIpc) is 2.45. The lowest BCUT2D eigenvalue weighted by Crippen LogP contribution is -2.35. The highest BCUT2D eigenvalue weighted by Gasteiger charge is 2.16. The highest BCUT2D eigenvalue weighted by Crippen LogP contribution is 2.19. The van der Waals surface area contributed by atoms with Gasteiger partial charge >= 0.3 is 0 Å². The van der Waals surface area contributed by atoms with Gasteiger partial charge in [0.2, 0.25) is 0 Å². The molecule has 1 heterocycles. The van der Waals surface area contributed by atoms with E-state index in [0.29, 0.717) is 5.56 Å². The van der Waals surface area contributed by atoms with Crippen LogP contribution in [0.25, 0.3) is 10.9 Å². The third-order valence-corrected chi connectivity index (χ3v) is 2.95. The normalized spacial score (nSPS) is 11.6. The van der Waals surface area contributed by atoms with Crippen LogP contribution >= 0.6 is 0 Å². The quantitative estimate of drug-likeness (QED) is 0.382. The largest absolute Gasteiger partial charge is 0.409 e. The number of nitrogens with zero attached hydrogens (tertiary/aromatic N) is 3. The fraction of sp³-hybridized carbons (Fsp3) is 0.214. The Labute approximate surface area is 116 Å². The molecule has 6 heteroatoms. The Kier molecular flexibility index (Phi) is 3.84. The number of hydrogen-bond acceptors (Lipinski definition) is 4. The van der Waals surface area contributed by atoms with E-state index in [1.807, 2.05) is 31.2 Å². The second kappa shape index (κ2) is 5.56. The van der Waals surface area contributed by atoms with Gasteiger partial charge in [-0.25, -0.2) is 0 Å². The summed E-state index contributed by atoms with van der Waals surface area (Å²) in [5.41, 5.74) is 7.52. The number of carbonyl (C=O) groups excluding carboxylic acids is 1. The molecule has 1 aromatic carbocycles. The first-order valence-corrected chi connectivity index (χ1v) is 6.11. The number of hydrogen-bond donors (Lipinski definition) is 2. The molecular formula is C14H16N4O2. The topological polar surface area (TPSA) is 91.8 Å². The number of aryl methyl sites for hydroxylation is 1. The summed E-state index contributed by atoms with van der Waals surface area (Å²) in [6.07, 6.45) is 0. The van der Waals surface area contributed by atoms with Crippen molar-refractivity contribution in [2.45, 2.75) is 6.92 Å². The van der Waals surface area contributed by atoms with Gasteiger partial charge in [0.05, 0.1) is 17.6 Å². The highest BCUT2D eigenvalue weighted by molar-refractivity contribution is 6.07. The summed E-state index contributed by atoms with van der Waals surface area (Å²) in [4.78, 5) is 18.3. The smallest absolute Gasteiger partial charge is 0.254 e. The molecule has 0 bridgehead atoms. The summed E-state index contributed by atoms with van der Waals surface area (Å²) in [6.45, 7) is 1.90. The first kappa shape index (κ1) is 13.8. The van der Waals surface area contributed by atoms with Gasteiger partial charge in [0, 0.05) is 18.1 Å². The maximum Gasteiger partial charge on any atom is 0.254 e. The molecule has 1 aromatic heterocycles. The number of pyridine rings is 1. The molecule has 1 amide bonds. The number of para-hydroxylation sites is 1. The van der Waals surface area contributed by atoms with Crippen molar-refractivity contribution in [2.75, 3.05) is 13.6 Å². The Morgan fingerprint density at radius 1 is 1.45 bits per heavy atom. The van der Waals surface area contributed by atoms with Gasteiger partial charge in [-0.2, -0.15) is 0 Å². The minimum Gasteiger partial charge on any atom is -0.409 e. The number of aromatic nitrogens is 1. The number of oxime groups is 1. The van der Waals surface area contributed by atoms with Crippen LogP contribution in [0.15, 0.2) is 35.5 Å². The molecular weight excluding hydrogens is 256 g/mol. The van der Waals surface area contributed by atoms with Crippen LogP contribution in [0.1, 0.15) is 16.1 Å². The van der Waals surface area contributed by atoms with E-state index in [9.17, 15) is 4.79 Å². The molecule has 0 aliphatic rings. The van der Waals surface area contributed by atoms with Crippen molar-refractivity contribution in [1.29, 1.82) is 0 Å². The van der Waals surface area contributed by atoms with E-state index in [1.165, 1.54) is 4.90 Å². The lowest BCUT2D eigenvalue weighted by molar-refractivity contribution is 0.0815. The number of rotatable bonds is 3. The monoisotopic (exact) mass is 272 g/mol. The van der Waals surface area contributed by atoms with Crippen LogP contribution in [-0.2, 0) is 0 Å². The summed E-state index contributed by atoms with van der Waals surface area (Å²) in [5.74, 6) is -0.214. The van der Waals surface area contributed by atoms with E-state index in [2.05, 4.69) is 10.1 Å². The molecule has 0 aliphatic carbocycles. The SMILES string of the molecule is Cc1cc(C(=O)N(C)CC(N)=NO)c2ccccc2n1. The maximum atomic E-state index is 12.5. The molecule has 0 unspecified atom stereocenters. The van der Waals surface area contributed by atoms with Gasteiger partial charge in [-0.05, 0) is 19.1 Å². The van der Waals surface area contributed by atoms with Crippen LogP contribution in [0, 0.1) is 6.92 Å². The lowest BCUT2D eigenvalue weighted by atomic mass is 10.1. The molecule has 20 heavy (non-hydrogen) atoms. The van der Waals surface area contributed by atoms with Crippen molar-refractivity contribution in [1.82, 2.24) is 9.88 Å². The van der Waals surface area contributed by atoms with Crippen molar-refractivity contribution < 1.29 is 10.0 Å². The maximum absolute atomic E-state index is 12.5. The predicted molar refractivity (Wildman–Crippen MR) is 76.8 cm³/mol. The molecule has 0 spiro atoms. The van der Waals surface area contributed by atoms with E-state index in [4.69, 9.17) is 10.9 Å². The van der Waals surface area contributed by atoms with E-state index in [1.54, 1.807) is 13.1 Å². The van der Waals surface area contributed by atoms with E-state index < -0.39 is 0 Å². The van der Waals surface area contributed by atoms with Crippen molar-refractivity contribution in [3.05, 3.63) is 41.6 Å². The zero-order valence-electron chi connectivity index (χ0n) is 11.4. The predicted octanol–water partition coefficient (Wildman–Crippen LogP) is 1.36. The average molecular weight is 272 g/mol. The summed E-state index contributed by atoms with van der Waals surface area (Å²) in [6, 6.07) is 9.20. The van der Waals surface area contributed by atoms with Crippen LogP contribution in [-0.4, -0.2) is 40.4 Å². The number of likely N-dealkylation sites (N-methyl/N-ethyl adjacent to an activating group) is 1. The third kappa shape index (κ3) is 2.69. The van der Waals surface area contributed by atoms with Gasteiger partial charge in [0.1, 0.15) is 0 Å². The molecule has 0 saturated heterocycles. The van der Waals surface area contributed by atoms with Crippen molar-refractivity contribution >= 4 is 22.6 Å². The van der Waals surface area contributed by atoms with Gasteiger partial charge < -0.3 is 15.8 Å². The Balaban J connectivity index is 2.44. The van der Waals surface area contributed by atoms with E-state index in [0.717, 1.165) is 16.6 Å². The lowest BCUT2D eigenvalue weighted by Gasteiger charge is -2.17. The Hall–Kier alpha value is -2.63. The number of amides is 1. The summed E-state index contributed by atoms with van der Waals surface area (Å²) in [5, 5.41) is 12.2. The van der Waals surface area contributed by atoms with Crippen LogP contribution in [0.2, 0.25) is 0 Å². The van der Waals surface area contributed by atoms with Gasteiger partial charge in [-0.3, -0.25) is 9.78 Å². The molecule has 6 nitrogen and oxygen atoms in total. The zero-order valence-corrected chi connectivity index (χ0v) is 11.4. The third-order valence-electron chi connectivity index (χ3n) is 2.95. The molecule has 2 aromatic rings. The Morgan fingerprint density at radius 2 is 2.15 bits per heavy atom. The van der Waals surface area contributed by atoms with Gasteiger partial charge in [-0.15, -0.1) is 0 Å². The molecule has 0 aliphatic heterocycles. The molecule has 3 N–H and O–H groups in total. The molecule has 0 atom stereocenters. The number of amidine groups is 1. The summed E-state index contributed by atoms with van der Waals surface area (Å²) in [7, 11) is 1.60. The van der Waals surface area contributed by atoms with Crippen molar-refractivity contribution in [2.24, 2.45) is 10.9 Å². The first-order chi connectivity index (χ1) is 9.52. The first-order valence-electron chi connectivity index (χ1n) is 6.11. The van der Waals surface area contributed by atoms with E-state index in [-0.39, 0.29) is 18.3 Å². The summed E-state index contributed by atoms with van der Waals surface area (Å²) < 4.78 is 0. The molecule has 0 radical (unpaired) electrons. The number of nitrogens with two attached hydrogens (primary N) is 1. The van der Waals surface area contributed by atoms with Crippen LogP contribution in [0.3, 0.4) is 0 Å². The van der Waals surface area contributed by atoms with Gasteiger partial charge in [0.25, 0.3) is 5.91 Å². The molecule has 0 fully saturated rings. The van der Waals surface area contributed by atoms with Gasteiger partial charge in [-0.1, -0.05) is 23.4 Å². The van der Waals surface area contributed by atoms with Crippen molar-refractivity contribution in [3.8, 4) is 0 Å². The minimum atomic E-state index is -0.196. The Bertz CT molecular complexity index is 682. The zero-order chi connectivity index (χ0) is 14.7. The second-order valence-electron chi connectivity index (χ2n) is 4.58. The number of carbonyl (C=O) groups is 1. The van der Waals surface area contributed by atoms with Crippen LogP contribution in [0.4, 0.5) is 0 Å². The highest BCUT2D eigenvalue weighted by atomic mass is 16.4. The van der Waals surface area contributed by atoms with Crippen LogP contribution < -0.4 is 5.73 Å². The fourth-order valence-corrected chi connectivity index (χ4v) is 2.04. The molecule has 2 rings (SSSR count). The standard InChI is InChI=1S/C14H16N4O2/c1-9-7-11(10-5-3-4-6-12(10)16-9)14(19)18(2)8-13(15)17-20/h3-7,20H,8H2,1-2H3,(H2,15,17). The summed E-state index contributed by atoms with van der Waals surface area (Å²) >= 11 is 0.